The Balaban J connectivity index is 1.34. The number of rotatable bonds is 8. The lowest BCUT2D eigenvalue weighted by Gasteiger charge is -2.21. The summed E-state index contributed by atoms with van der Waals surface area (Å²) in [5, 5.41) is 2.73. The van der Waals surface area contributed by atoms with E-state index in [-0.39, 0.29) is 12.6 Å². The number of aromatic nitrogens is 2. The molecular weight excluding hydrogens is 446 g/mol. The van der Waals surface area contributed by atoms with Crippen LogP contribution in [0.15, 0.2) is 71.3 Å². The van der Waals surface area contributed by atoms with Gasteiger partial charge in [-0.3, -0.25) is 0 Å². The Morgan fingerprint density at radius 2 is 1.80 bits per heavy atom. The Hall–Kier alpha value is -4.07. The second kappa shape index (κ2) is 10.5. The van der Waals surface area contributed by atoms with Crippen molar-refractivity contribution in [3.05, 3.63) is 72.4 Å². The molecule has 2 aromatic heterocycles. The Labute approximate surface area is 204 Å². The Bertz CT molecular complexity index is 1260. The molecule has 1 N–H and O–H groups in total. The number of nitrogens with one attached hydrogen (secondary N) is 1. The van der Waals surface area contributed by atoms with Crippen LogP contribution in [0.1, 0.15) is 33.3 Å². The SMILES string of the molecule is C[C@@H](COc1cc2oc(-c3ccc(OCc4ccccc4)cc3)nc2cn1)NC(=O)OC(C)(C)C. The second-order valence-electron chi connectivity index (χ2n) is 9.17. The molecule has 1 amide bonds. The number of fused-ring (bicyclic) bond motifs is 1. The van der Waals surface area contributed by atoms with Gasteiger partial charge >= 0.3 is 6.09 Å². The van der Waals surface area contributed by atoms with Gasteiger partial charge in [0, 0.05) is 11.6 Å². The molecular formula is C27H29N3O5. The number of amides is 1. The summed E-state index contributed by atoms with van der Waals surface area (Å²) in [6.45, 7) is 7.99. The fraction of sp³-hybridized carbons (Fsp3) is 0.296. The van der Waals surface area contributed by atoms with Crippen molar-refractivity contribution in [2.24, 2.45) is 0 Å². The standard InChI is InChI=1S/C27H29N3O5/c1-18(29-26(31)35-27(2,3)4)16-33-24-14-23-22(15-28-24)30-25(34-23)20-10-12-21(13-11-20)32-17-19-8-6-5-7-9-19/h5-15,18H,16-17H2,1-4H3,(H,29,31)/t18-/m0/s1. The molecule has 0 bridgehead atoms. The van der Waals surface area contributed by atoms with Crippen molar-refractivity contribution in [2.45, 2.75) is 45.9 Å². The number of benzene rings is 2. The number of carbonyl (C=O) groups is 1. The lowest BCUT2D eigenvalue weighted by molar-refractivity contribution is 0.0493. The number of pyridine rings is 1. The minimum atomic E-state index is -0.559. The first-order valence-corrected chi connectivity index (χ1v) is 11.4. The molecule has 2 aromatic carbocycles. The van der Waals surface area contributed by atoms with Gasteiger partial charge in [0.25, 0.3) is 0 Å². The summed E-state index contributed by atoms with van der Waals surface area (Å²) in [5.41, 5.74) is 2.55. The first kappa shape index (κ1) is 24.1. The van der Waals surface area contributed by atoms with Crippen LogP contribution in [-0.2, 0) is 11.3 Å². The molecule has 35 heavy (non-hydrogen) atoms. The summed E-state index contributed by atoms with van der Waals surface area (Å²) in [6.07, 6.45) is 1.11. The summed E-state index contributed by atoms with van der Waals surface area (Å²) in [4.78, 5) is 20.7. The van der Waals surface area contributed by atoms with Gasteiger partial charge in [0.1, 0.15) is 30.1 Å². The lowest BCUT2D eigenvalue weighted by Crippen LogP contribution is -2.40. The van der Waals surface area contributed by atoms with Gasteiger partial charge in [0.2, 0.25) is 11.8 Å². The van der Waals surface area contributed by atoms with Gasteiger partial charge in [0.05, 0.1) is 12.2 Å². The van der Waals surface area contributed by atoms with E-state index in [2.05, 4.69) is 15.3 Å². The predicted molar refractivity (Wildman–Crippen MR) is 132 cm³/mol. The van der Waals surface area contributed by atoms with Gasteiger partial charge in [-0.25, -0.2) is 14.8 Å². The highest BCUT2D eigenvalue weighted by atomic mass is 16.6. The second-order valence-corrected chi connectivity index (χ2v) is 9.17. The van der Waals surface area contributed by atoms with Gasteiger partial charge in [0.15, 0.2) is 5.58 Å². The average molecular weight is 476 g/mol. The molecule has 0 unspecified atom stereocenters. The van der Waals surface area contributed by atoms with Crippen molar-refractivity contribution >= 4 is 17.2 Å². The van der Waals surface area contributed by atoms with Crippen LogP contribution in [0.25, 0.3) is 22.6 Å². The normalized spacial score (nSPS) is 12.2. The fourth-order valence-corrected chi connectivity index (χ4v) is 3.21. The van der Waals surface area contributed by atoms with Crippen LogP contribution in [0.5, 0.6) is 11.6 Å². The molecule has 0 aliphatic carbocycles. The van der Waals surface area contributed by atoms with Crippen LogP contribution in [-0.4, -0.2) is 34.3 Å². The van der Waals surface area contributed by atoms with E-state index >= 15 is 0 Å². The van der Waals surface area contributed by atoms with E-state index in [4.69, 9.17) is 18.6 Å². The van der Waals surface area contributed by atoms with Gasteiger partial charge in [-0.1, -0.05) is 30.3 Å². The van der Waals surface area contributed by atoms with Gasteiger partial charge in [-0.15, -0.1) is 0 Å². The van der Waals surface area contributed by atoms with Crippen LogP contribution in [0.2, 0.25) is 0 Å². The van der Waals surface area contributed by atoms with Crippen LogP contribution in [0.3, 0.4) is 0 Å². The average Bonchev–Trinajstić information content (AvgIpc) is 3.24. The van der Waals surface area contributed by atoms with Crippen molar-refractivity contribution in [3.8, 4) is 23.1 Å². The third-order valence-electron chi connectivity index (χ3n) is 4.84. The molecule has 8 heteroatoms. The molecule has 0 spiro atoms. The van der Waals surface area contributed by atoms with Crippen molar-refractivity contribution in [2.75, 3.05) is 6.61 Å². The first-order chi connectivity index (χ1) is 16.7. The Morgan fingerprint density at radius 3 is 2.51 bits per heavy atom. The van der Waals surface area contributed by atoms with Crippen molar-refractivity contribution in [1.29, 1.82) is 0 Å². The van der Waals surface area contributed by atoms with Crippen molar-refractivity contribution in [3.63, 3.8) is 0 Å². The number of ether oxygens (including phenoxy) is 3. The smallest absolute Gasteiger partial charge is 0.407 e. The van der Waals surface area contributed by atoms with Crippen LogP contribution < -0.4 is 14.8 Å². The van der Waals surface area contributed by atoms with Crippen LogP contribution >= 0.6 is 0 Å². The van der Waals surface area contributed by atoms with Gasteiger partial charge in [-0.2, -0.15) is 0 Å². The number of hydrogen-bond acceptors (Lipinski definition) is 7. The lowest BCUT2D eigenvalue weighted by atomic mass is 10.2. The Kier molecular flexibility index (Phi) is 7.19. The summed E-state index contributed by atoms with van der Waals surface area (Å²) in [6, 6.07) is 19.0. The number of alkyl carbamates (subject to hydrolysis) is 1. The highest BCUT2D eigenvalue weighted by Crippen LogP contribution is 2.27. The summed E-state index contributed by atoms with van der Waals surface area (Å²) in [7, 11) is 0. The summed E-state index contributed by atoms with van der Waals surface area (Å²) >= 11 is 0. The maximum Gasteiger partial charge on any atom is 0.407 e. The zero-order chi connectivity index (χ0) is 24.8. The molecule has 4 rings (SSSR count). The Morgan fingerprint density at radius 1 is 1.06 bits per heavy atom. The largest absolute Gasteiger partial charge is 0.489 e. The number of hydrogen-bond donors (Lipinski definition) is 1. The van der Waals surface area contributed by atoms with Crippen LogP contribution in [0.4, 0.5) is 4.79 Å². The van der Waals surface area contributed by atoms with E-state index in [0.29, 0.717) is 29.5 Å². The van der Waals surface area contributed by atoms with E-state index in [1.165, 1.54) is 0 Å². The maximum absolute atomic E-state index is 11.9. The minimum Gasteiger partial charge on any atom is -0.489 e. The topological polar surface area (TPSA) is 95.7 Å². The van der Waals surface area contributed by atoms with E-state index < -0.39 is 11.7 Å². The number of nitrogens with zero attached hydrogens (tertiary/aromatic N) is 2. The molecule has 1 atom stereocenters. The van der Waals surface area contributed by atoms with E-state index in [9.17, 15) is 4.79 Å². The molecule has 0 fully saturated rings. The monoisotopic (exact) mass is 475 g/mol. The molecule has 0 saturated carbocycles. The van der Waals surface area contributed by atoms with Gasteiger partial charge in [-0.05, 0) is 57.5 Å². The molecule has 0 saturated heterocycles. The van der Waals surface area contributed by atoms with Crippen LogP contribution in [0, 0.1) is 0 Å². The molecule has 8 nitrogen and oxygen atoms in total. The third-order valence-corrected chi connectivity index (χ3v) is 4.84. The zero-order valence-corrected chi connectivity index (χ0v) is 20.3. The molecule has 0 aliphatic rings. The third kappa shape index (κ3) is 6.96. The summed E-state index contributed by atoms with van der Waals surface area (Å²) in [5.74, 6) is 1.62. The maximum atomic E-state index is 11.9. The van der Waals surface area contributed by atoms with E-state index in [1.807, 2.05) is 82.3 Å². The van der Waals surface area contributed by atoms with Gasteiger partial charge < -0.3 is 23.9 Å². The highest BCUT2D eigenvalue weighted by molar-refractivity contribution is 5.76. The molecule has 182 valence electrons. The molecule has 4 aromatic rings. The highest BCUT2D eigenvalue weighted by Gasteiger charge is 2.18. The predicted octanol–water partition coefficient (Wildman–Crippen LogP) is 5.76. The number of carbonyl (C=O) groups excluding carboxylic acids is 1. The number of oxazole rings is 1. The van der Waals surface area contributed by atoms with Crippen molar-refractivity contribution in [1.82, 2.24) is 15.3 Å². The quantitative estimate of drug-likeness (QED) is 0.346. The summed E-state index contributed by atoms with van der Waals surface area (Å²) < 4.78 is 22.7. The molecule has 0 radical (unpaired) electrons. The minimum absolute atomic E-state index is 0.225. The first-order valence-electron chi connectivity index (χ1n) is 11.4. The fourth-order valence-electron chi connectivity index (χ4n) is 3.21. The van der Waals surface area contributed by atoms with E-state index in [1.54, 1.807) is 12.3 Å². The van der Waals surface area contributed by atoms with Crippen molar-refractivity contribution < 1.29 is 23.4 Å². The zero-order valence-electron chi connectivity index (χ0n) is 20.3. The van der Waals surface area contributed by atoms with E-state index in [0.717, 1.165) is 16.9 Å². The molecule has 0 aliphatic heterocycles. The molecule has 2 heterocycles.